The van der Waals surface area contributed by atoms with E-state index in [0.29, 0.717) is 24.9 Å². The fourth-order valence-corrected chi connectivity index (χ4v) is 5.52. The lowest BCUT2D eigenvalue weighted by Crippen LogP contribution is -2.47. The van der Waals surface area contributed by atoms with E-state index >= 15 is 0 Å². The Labute approximate surface area is 148 Å². The summed E-state index contributed by atoms with van der Waals surface area (Å²) in [6.07, 6.45) is 5.60. The average molecular weight is 368 g/mol. The molecule has 1 saturated heterocycles. The third kappa shape index (κ3) is 4.03. The second kappa shape index (κ2) is 7.41. The van der Waals surface area contributed by atoms with Gasteiger partial charge in [0.15, 0.2) is 0 Å². The summed E-state index contributed by atoms with van der Waals surface area (Å²) in [5.41, 5.74) is 0.513. The molecule has 25 heavy (non-hydrogen) atoms. The van der Waals surface area contributed by atoms with Crippen LogP contribution in [0.5, 0.6) is 0 Å². The lowest BCUT2D eigenvalue weighted by molar-refractivity contribution is -0.126. The average Bonchev–Trinajstić information content (AvgIpc) is 3.10. The van der Waals surface area contributed by atoms with Crippen LogP contribution in [0, 0.1) is 18.7 Å². The number of sulfonamides is 1. The minimum absolute atomic E-state index is 0.00986. The van der Waals surface area contributed by atoms with E-state index in [9.17, 15) is 17.6 Å². The molecular weight excluding hydrogens is 343 g/mol. The Bertz CT molecular complexity index is 745. The van der Waals surface area contributed by atoms with Gasteiger partial charge in [-0.15, -0.1) is 0 Å². The predicted octanol–water partition coefficient (Wildman–Crippen LogP) is 2.59. The molecule has 0 spiro atoms. The van der Waals surface area contributed by atoms with Crippen LogP contribution in [0.1, 0.15) is 44.1 Å². The predicted molar refractivity (Wildman–Crippen MR) is 93.0 cm³/mol. The molecule has 0 bridgehead atoms. The summed E-state index contributed by atoms with van der Waals surface area (Å²) in [5, 5.41) is 3.06. The van der Waals surface area contributed by atoms with Gasteiger partial charge in [0.2, 0.25) is 15.9 Å². The highest BCUT2D eigenvalue weighted by atomic mass is 32.2. The van der Waals surface area contributed by atoms with E-state index in [0.717, 1.165) is 31.7 Å². The van der Waals surface area contributed by atoms with Crippen molar-refractivity contribution in [1.82, 2.24) is 9.62 Å². The molecule has 1 aliphatic carbocycles. The van der Waals surface area contributed by atoms with Crippen LogP contribution in [0.25, 0.3) is 0 Å². The number of carbonyl (C=O) groups excluding carboxylic acids is 1. The number of hydrogen-bond donors (Lipinski definition) is 1. The maximum Gasteiger partial charge on any atom is 0.243 e. The van der Waals surface area contributed by atoms with Crippen molar-refractivity contribution < 1.29 is 17.6 Å². The van der Waals surface area contributed by atoms with Crippen LogP contribution in [0.2, 0.25) is 0 Å². The van der Waals surface area contributed by atoms with Gasteiger partial charge in [0.05, 0.1) is 10.8 Å². The Morgan fingerprint density at radius 3 is 2.64 bits per heavy atom. The molecule has 2 fully saturated rings. The van der Waals surface area contributed by atoms with Gasteiger partial charge in [-0.1, -0.05) is 18.9 Å². The van der Waals surface area contributed by atoms with E-state index in [4.69, 9.17) is 0 Å². The third-order valence-corrected chi connectivity index (χ3v) is 7.23. The van der Waals surface area contributed by atoms with Gasteiger partial charge < -0.3 is 5.32 Å². The number of hydrogen-bond acceptors (Lipinski definition) is 3. The van der Waals surface area contributed by atoms with Gasteiger partial charge in [-0.25, -0.2) is 12.8 Å². The first-order chi connectivity index (χ1) is 11.9. The standard InChI is InChI=1S/C18H25FN2O3S/c1-13-8-9-15(19)11-17(13)25(23,24)21-10-4-5-14(12-21)18(22)20-16-6-2-3-7-16/h8-9,11,14,16H,2-7,10,12H2,1H3,(H,20,22). The normalized spacial score (nSPS) is 22.9. The largest absolute Gasteiger partial charge is 0.353 e. The van der Waals surface area contributed by atoms with Crippen molar-refractivity contribution >= 4 is 15.9 Å². The topological polar surface area (TPSA) is 66.5 Å². The smallest absolute Gasteiger partial charge is 0.243 e. The second-order valence-electron chi connectivity index (χ2n) is 7.10. The molecular formula is C18H25FN2O3S. The summed E-state index contributed by atoms with van der Waals surface area (Å²) in [7, 11) is -3.80. The number of carbonyl (C=O) groups is 1. The monoisotopic (exact) mass is 368 g/mol. The minimum Gasteiger partial charge on any atom is -0.353 e. The van der Waals surface area contributed by atoms with Crippen molar-refractivity contribution in [2.24, 2.45) is 5.92 Å². The zero-order valence-electron chi connectivity index (χ0n) is 14.5. The summed E-state index contributed by atoms with van der Waals surface area (Å²) in [6, 6.07) is 4.01. The number of aryl methyl sites for hydroxylation is 1. The molecule has 1 N–H and O–H groups in total. The quantitative estimate of drug-likeness (QED) is 0.888. The highest BCUT2D eigenvalue weighted by Gasteiger charge is 2.34. The first-order valence-electron chi connectivity index (χ1n) is 8.94. The van der Waals surface area contributed by atoms with Crippen molar-refractivity contribution in [3.8, 4) is 0 Å². The zero-order valence-corrected chi connectivity index (χ0v) is 15.3. The van der Waals surface area contributed by atoms with Gasteiger partial charge in [-0.2, -0.15) is 4.31 Å². The van der Waals surface area contributed by atoms with E-state index in [1.165, 1.54) is 16.4 Å². The van der Waals surface area contributed by atoms with Crippen molar-refractivity contribution in [2.45, 2.75) is 56.4 Å². The van der Waals surface area contributed by atoms with E-state index in [1.807, 2.05) is 0 Å². The molecule has 1 aromatic carbocycles. The van der Waals surface area contributed by atoms with E-state index in [-0.39, 0.29) is 29.3 Å². The zero-order chi connectivity index (χ0) is 18.0. The van der Waals surface area contributed by atoms with Gasteiger partial charge in [0.25, 0.3) is 0 Å². The van der Waals surface area contributed by atoms with Crippen molar-refractivity contribution in [3.05, 3.63) is 29.6 Å². The molecule has 7 heteroatoms. The van der Waals surface area contributed by atoms with Crippen molar-refractivity contribution in [2.75, 3.05) is 13.1 Å². The Morgan fingerprint density at radius 2 is 1.92 bits per heavy atom. The molecule has 1 aromatic rings. The number of amides is 1. The molecule has 1 aliphatic heterocycles. The van der Waals surface area contributed by atoms with Crippen LogP contribution < -0.4 is 5.32 Å². The Hall–Kier alpha value is -1.47. The SMILES string of the molecule is Cc1ccc(F)cc1S(=O)(=O)N1CCCC(C(=O)NC2CCCC2)C1. The lowest BCUT2D eigenvalue weighted by Gasteiger charge is -2.32. The molecule has 5 nitrogen and oxygen atoms in total. The Morgan fingerprint density at radius 1 is 1.20 bits per heavy atom. The minimum atomic E-state index is -3.80. The molecule has 1 unspecified atom stereocenters. The Balaban J connectivity index is 1.73. The summed E-state index contributed by atoms with van der Waals surface area (Å²) in [4.78, 5) is 12.5. The Kier molecular flexibility index (Phi) is 5.43. The van der Waals surface area contributed by atoms with E-state index in [1.54, 1.807) is 6.92 Å². The highest BCUT2D eigenvalue weighted by Crippen LogP contribution is 2.27. The van der Waals surface area contributed by atoms with Crippen LogP contribution in [0.4, 0.5) is 4.39 Å². The fourth-order valence-electron chi connectivity index (χ4n) is 3.75. The van der Waals surface area contributed by atoms with Gasteiger partial charge >= 0.3 is 0 Å². The van der Waals surface area contributed by atoms with E-state index < -0.39 is 15.8 Å². The van der Waals surface area contributed by atoms with Gasteiger partial charge in [0.1, 0.15) is 5.82 Å². The number of nitrogens with zero attached hydrogens (tertiary/aromatic N) is 1. The van der Waals surface area contributed by atoms with Crippen LogP contribution in [0.3, 0.4) is 0 Å². The lowest BCUT2D eigenvalue weighted by atomic mass is 9.98. The van der Waals surface area contributed by atoms with Gasteiger partial charge in [-0.05, 0) is 50.3 Å². The molecule has 1 heterocycles. The fraction of sp³-hybridized carbons (Fsp3) is 0.611. The molecule has 2 aliphatic rings. The molecule has 1 saturated carbocycles. The maximum atomic E-state index is 13.5. The van der Waals surface area contributed by atoms with Crippen LogP contribution in [-0.2, 0) is 14.8 Å². The summed E-state index contributed by atoms with van der Waals surface area (Å²) in [6.45, 7) is 2.18. The summed E-state index contributed by atoms with van der Waals surface area (Å²) in [5.74, 6) is -0.961. The van der Waals surface area contributed by atoms with Crippen molar-refractivity contribution in [3.63, 3.8) is 0 Å². The molecule has 138 valence electrons. The number of nitrogens with one attached hydrogen (secondary N) is 1. The third-order valence-electron chi connectivity index (χ3n) is 5.22. The molecule has 1 amide bonds. The van der Waals surface area contributed by atoms with E-state index in [2.05, 4.69) is 5.32 Å². The van der Waals surface area contributed by atoms with Crippen molar-refractivity contribution in [1.29, 1.82) is 0 Å². The number of piperidine rings is 1. The van der Waals surface area contributed by atoms with Crippen LogP contribution in [0.15, 0.2) is 23.1 Å². The molecule has 0 aromatic heterocycles. The van der Waals surface area contributed by atoms with Gasteiger partial charge in [-0.3, -0.25) is 4.79 Å². The summed E-state index contributed by atoms with van der Waals surface area (Å²) >= 11 is 0. The second-order valence-corrected chi connectivity index (χ2v) is 9.01. The van der Waals surface area contributed by atoms with Crippen LogP contribution >= 0.6 is 0 Å². The molecule has 1 atom stereocenters. The molecule has 3 rings (SSSR count). The highest BCUT2D eigenvalue weighted by molar-refractivity contribution is 7.89. The molecule has 0 radical (unpaired) electrons. The van der Waals surface area contributed by atoms with Crippen LogP contribution in [-0.4, -0.2) is 37.8 Å². The first kappa shape index (κ1) is 18.3. The van der Waals surface area contributed by atoms with Gasteiger partial charge in [0, 0.05) is 19.1 Å². The number of halogens is 1. The number of benzene rings is 1. The number of rotatable bonds is 4. The summed E-state index contributed by atoms with van der Waals surface area (Å²) < 4.78 is 40.7. The first-order valence-corrected chi connectivity index (χ1v) is 10.4. The maximum absolute atomic E-state index is 13.5.